The van der Waals surface area contributed by atoms with Gasteiger partial charge in [0.25, 0.3) is 0 Å². The molecule has 0 radical (unpaired) electrons. The number of pyridine rings is 1. The van der Waals surface area contributed by atoms with Gasteiger partial charge in [-0.15, -0.1) is 0 Å². The maximum Gasteiger partial charge on any atom is 0.244 e. The SMILES string of the molecule is CCOc1cc(F)c(Cn2nc(-c3ncc(OCS(N)(=O)=O)c(Nc4ccncc4)n3)c(C)c2C2CC2)c(F)c1. The maximum atomic E-state index is 14.9. The van der Waals surface area contributed by atoms with Crippen molar-refractivity contribution in [2.45, 2.75) is 39.2 Å². The molecule has 3 heterocycles. The van der Waals surface area contributed by atoms with E-state index in [2.05, 4.69) is 25.4 Å². The smallest absolute Gasteiger partial charge is 0.244 e. The van der Waals surface area contributed by atoms with Crippen molar-refractivity contribution in [3.8, 4) is 23.0 Å². The molecule has 1 aliphatic rings. The molecule has 11 nitrogen and oxygen atoms in total. The summed E-state index contributed by atoms with van der Waals surface area (Å²) in [6.45, 7) is 3.75. The Hall–Kier alpha value is -4.17. The van der Waals surface area contributed by atoms with E-state index in [1.54, 1.807) is 36.1 Å². The van der Waals surface area contributed by atoms with Gasteiger partial charge >= 0.3 is 0 Å². The zero-order valence-electron chi connectivity index (χ0n) is 21.8. The Morgan fingerprint density at radius 3 is 2.48 bits per heavy atom. The van der Waals surface area contributed by atoms with Crippen LogP contribution >= 0.6 is 0 Å². The molecule has 0 bridgehead atoms. The fourth-order valence-corrected chi connectivity index (χ4v) is 4.59. The number of halogens is 2. The first-order valence-corrected chi connectivity index (χ1v) is 14.2. The average molecular weight is 572 g/mol. The number of hydrogen-bond acceptors (Lipinski definition) is 9. The highest BCUT2D eigenvalue weighted by Gasteiger charge is 2.32. The Labute approximate surface area is 229 Å². The number of aromatic nitrogens is 5. The number of primary sulfonamides is 1. The van der Waals surface area contributed by atoms with Crippen molar-refractivity contribution in [2.75, 3.05) is 17.9 Å². The monoisotopic (exact) mass is 571 g/mol. The molecule has 0 unspecified atom stereocenters. The number of sulfonamides is 1. The Kier molecular flexibility index (Phi) is 7.63. The Balaban J connectivity index is 1.53. The molecule has 1 aromatic carbocycles. The van der Waals surface area contributed by atoms with Crippen LogP contribution in [-0.2, 0) is 16.6 Å². The van der Waals surface area contributed by atoms with Gasteiger partial charge in [-0.1, -0.05) is 0 Å². The van der Waals surface area contributed by atoms with E-state index in [0.717, 1.165) is 36.2 Å². The van der Waals surface area contributed by atoms with Gasteiger partial charge in [0.1, 0.15) is 23.1 Å². The summed E-state index contributed by atoms with van der Waals surface area (Å²) in [4.78, 5) is 12.9. The highest BCUT2D eigenvalue weighted by Crippen LogP contribution is 2.44. The van der Waals surface area contributed by atoms with Gasteiger partial charge in [-0.3, -0.25) is 9.67 Å². The number of nitrogens with two attached hydrogens (primary N) is 1. The third-order valence-electron chi connectivity index (χ3n) is 6.22. The topological polar surface area (TPSA) is 147 Å². The summed E-state index contributed by atoms with van der Waals surface area (Å²) in [5.74, 6) is -1.48. The van der Waals surface area contributed by atoms with Crippen LogP contribution in [-0.4, -0.2) is 45.7 Å². The summed E-state index contributed by atoms with van der Waals surface area (Å²) in [5, 5.41) is 12.8. The second-order valence-electron chi connectivity index (χ2n) is 9.28. The standard InChI is InChI=1S/C26H27F2N7O4S/c1-3-38-18-10-20(27)19(21(28)11-18)13-35-24(16-4-5-16)15(2)23(34-35)26-31-12-22(39-14-40(29,36)37)25(33-26)32-17-6-8-30-9-7-17/h6-12,16H,3-5,13-14H2,1-2H3,(H2,29,36,37)(H,30,31,32,33). The molecule has 14 heteroatoms. The molecular weight excluding hydrogens is 544 g/mol. The van der Waals surface area contributed by atoms with E-state index >= 15 is 0 Å². The molecule has 0 aliphatic heterocycles. The first-order valence-electron chi connectivity index (χ1n) is 12.5. The van der Waals surface area contributed by atoms with Gasteiger partial charge in [-0.2, -0.15) is 5.10 Å². The van der Waals surface area contributed by atoms with Gasteiger partial charge < -0.3 is 14.8 Å². The zero-order valence-corrected chi connectivity index (χ0v) is 22.6. The minimum absolute atomic E-state index is 0.0487. The number of nitrogens with zero attached hydrogens (tertiary/aromatic N) is 5. The Bertz CT molecular complexity index is 1620. The lowest BCUT2D eigenvalue weighted by Crippen LogP contribution is -2.21. The van der Waals surface area contributed by atoms with Crippen LogP contribution in [0, 0.1) is 18.6 Å². The highest BCUT2D eigenvalue weighted by atomic mass is 32.2. The lowest BCUT2D eigenvalue weighted by Gasteiger charge is -2.12. The van der Waals surface area contributed by atoms with Crippen LogP contribution in [0.1, 0.15) is 42.5 Å². The summed E-state index contributed by atoms with van der Waals surface area (Å²) >= 11 is 0. The minimum atomic E-state index is -3.93. The molecule has 0 atom stereocenters. The Morgan fingerprint density at radius 1 is 1.15 bits per heavy atom. The van der Waals surface area contributed by atoms with Crippen LogP contribution in [0.2, 0.25) is 0 Å². The molecular formula is C26H27F2N7O4S. The van der Waals surface area contributed by atoms with Gasteiger partial charge in [-0.05, 0) is 38.8 Å². The van der Waals surface area contributed by atoms with E-state index in [1.165, 1.54) is 6.20 Å². The number of rotatable bonds is 11. The van der Waals surface area contributed by atoms with Crippen LogP contribution in [0.15, 0.2) is 42.9 Å². The quantitative estimate of drug-likeness (QED) is 0.272. The lowest BCUT2D eigenvalue weighted by molar-refractivity contribution is 0.335. The first-order chi connectivity index (χ1) is 19.1. The number of benzene rings is 1. The van der Waals surface area contributed by atoms with Crippen molar-refractivity contribution >= 4 is 21.5 Å². The van der Waals surface area contributed by atoms with Gasteiger partial charge in [-0.25, -0.2) is 32.3 Å². The van der Waals surface area contributed by atoms with Crippen LogP contribution in [0.25, 0.3) is 11.5 Å². The summed E-state index contributed by atoms with van der Waals surface area (Å²) in [6, 6.07) is 5.71. The van der Waals surface area contributed by atoms with Crippen LogP contribution < -0.4 is 19.9 Å². The molecule has 1 saturated carbocycles. The molecule has 4 aromatic rings. The minimum Gasteiger partial charge on any atom is -0.494 e. The Morgan fingerprint density at radius 2 is 1.85 bits per heavy atom. The van der Waals surface area contributed by atoms with Gasteiger partial charge in [0.2, 0.25) is 16.0 Å². The van der Waals surface area contributed by atoms with Crippen molar-refractivity contribution in [1.82, 2.24) is 24.7 Å². The van der Waals surface area contributed by atoms with Crippen LogP contribution in [0.3, 0.4) is 0 Å². The second-order valence-corrected chi connectivity index (χ2v) is 10.8. The van der Waals surface area contributed by atoms with E-state index in [-0.39, 0.29) is 47.8 Å². The fraction of sp³-hybridized carbons (Fsp3) is 0.308. The molecule has 0 saturated heterocycles. The highest BCUT2D eigenvalue weighted by molar-refractivity contribution is 7.88. The van der Waals surface area contributed by atoms with Gasteiger partial charge in [0, 0.05) is 53.0 Å². The van der Waals surface area contributed by atoms with Crippen molar-refractivity contribution in [2.24, 2.45) is 5.14 Å². The molecule has 3 aromatic heterocycles. The maximum absolute atomic E-state index is 14.9. The van der Waals surface area contributed by atoms with E-state index in [0.29, 0.717) is 11.4 Å². The normalized spacial score (nSPS) is 13.3. The molecule has 5 rings (SSSR count). The van der Waals surface area contributed by atoms with Crippen molar-refractivity contribution in [1.29, 1.82) is 0 Å². The third-order valence-corrected chi connectivity index (χ3v) is 6.67. The second kappa shape index (κ2) is 11.1. The molecule has 0 spiro atoms. The molecule has 40 heavy (non-hydrogen) atoms. The molecule has 1 fully saturated rings. The van der Waals surface area contributed by atoms with Crippen LogP contribution in [0.5, 0.6) is 11.5 Å². The number of nitrogens with one attached hydrogen (secondary N) is 1. The largest absolute Gasteiger partial charge is 0.494 e. The predicted octanol–water partition coefficient (Wildman–Crippen LogP) is 4.01. The summed E-state index contributed by atoms with van der Waals surface area (Å²) in [5.41, 5.74) is 2.53. The molecule has 0 amide bonds. The third kappa shape index (κ3) is 6.18. The molecule has 3 N–H and O–H groups in total. The van der Waals surface area contributed by atoms with Crippen molar-refractivity contribution in [3.05, 3.63) is 71.3 Å². The number of ether oxygens (including phenoxy) is 2. The molecule has 1 aliphatic carbocycles. The number of hydrogen-bond donors (Lipinski definition) is 2. The summed E-state index contributed by atoms with van der Waals surface area (Å²) in [7, 11) is -3.93. The van der Waals surface area contributed by atoms with E-state index in [4.69, 9.17) is 14.6 Å². The van der Waals surface area contributed by atoms with Gasteiger partial charge in [0.15, 0.2) is 17.4 Å². The first kappa shape index (κ1) is 27.4. The van der Waals surface area contributed by atoms with Crippen LogP contribution in [0.4, 0.5) is 20.3 Å². The predicted molar refractivity (Wildman–Crippen MR) is 143 cm³/mol. The van der Waals surface area contributed by atoms with Crippen molar-refractivity contribution < 1.29 is 26.7 Å². The summed E-state index contributed by atoms with van der Waals surface area (Å²) in [6.07, 6.45) is 6.31. The van der Waals surface area contributed by atoms with Gasteiger partial charge in [0.05, 0.1) is 19.3 Å². The van der Waals surface area contributed by atoms with E-state index in [9.17, 15) is 17.2 Å². The number of anilines is 2. The van der Waals surface area contributed by atoms with E-state index in [1.807, 2.05) is 6.92 Å². The lowest BCUT2D eigenvalue weighted by atomic mass is 10.1. The fourth-order valence-electron chi connectivity index (χ4n) is 4.30. The molecule has 210 valence electrons. The average Bonchev–Trinajstić information content (AvgIpc) is 3.68. The zero-order chi connectivity index (χ0) is 28.4. The van der Waals surface area contributed by atoms with Crippen molar-refractivity contribution in [3.63, 3.8) is 0 Å². The van der Waals surface area contributed by atoms with E-state index < -0.39 is 27.6 Å². The summed E-state index contributed by atoms with van der Waals surface area (Å²) < 4.78 is 65.0.